The predicted octanol–water partition coefficient (Wildman–Crippen LogP) is 1.61. The van der Waals surface area contributed by atoms with Gasteiger partial charge in [-0.3, -0.25) is 14.2 Å². The largest absolute Gasteiger partial charge is 0.419 e. The molecule has 2 amide bonds. The van der Waals surface area contributed by atoms with Gasteiger partial charge in [0.2, 0.25) is 5.91 Å². The third kappa shape index (κ3) is 3.45. The van der Waals surface area contributed by atoms with Crippen molar-refractivity contribution in [1.29, 1.82) is 0 Å². The second-order valence-electron chi connectivity index (χ2n) is 6.39. The second-order valence-corrected chi connectivity index (χ2v) is 6.39. The lowest BCUT2D eigenvalue weighted by atomic mass is 10.1. The molecule has 1 aromatic carbocycles. The van der Waals surface area contributed by atoms with E-state index in [0.29, 0.717) is 49.3 Å². The minimum Gasteiger partial charge on any atom is -0.408 e. The van der Waals surface area contributed by atoms with Crippen LogP contribution >= 0.6 is 0 Å². The number of aryl methyl sites for hydroxylation is 1. The first-order valence-corrected chi connectivity index (χ1v) is 8.68. The molecule has 0 bridgehead atoms. The molecule has 2 aromatic rings. The number of carbonyl (C=O) groups excluding carboxylic acids is 2. The number of aromatic nitrogens is 1. The van der Waals surface area contributed by atoms with Gasteiger partial charge in [-0.2, -0.15) is 0 Å². The maximum Gasteiger partial charge on any atom is 0.419 e. The summed E-state index contributed by atoms with van der Waals surface area (Å²) < 4.78 is 6.55. The Morgan fingerprint density at radius 1 is 1.12 bits per heavy atom. The van der Waals surface area contributed by atoms with Gasteiger partial charge < -0.3 is 14.2 Å². The Morgan fingerprint density at radius 3 is 2.48 bits per heavy atom. The highest BCUT2D eigenvalue weighted by Crippen LogP contribution is 2.17. The molecule has 1 aromatic heterocycles. The molecule has 134 valence electrons. The summed E-state index contributed by atoms with van der Waals surface area (Å²) in [6, 6.07) is 5.04. The Hall–Kier alpha value is -2.57. The molecular formula is C18H23N3O4. The van der Waals surface area contributed by atoms with E-state index >= 15 is 0 Å². The lowest BCUT2D eigenvalue weighted by Crippen LogP contribution is -2.50. The van der Waals surface area contributed by atoms with E-state index in [1.165, 1.54) is 4.57 Å². The number of rotatable bonds is 4. The molecule has 1 aliphatic rings. The first-order chi connectivity index (χ1) is 12.0. The number of carbonyl (C=O) groups is 2. The summed E-state index contributed by atoms with van der Waals surface area (Å²) in [5, 5.41) is 0. The molecule has 0 saturated carbocycles. The Morgan fingerprint density at radius 2 is 1.80 bits per heavy atom. The minimum absolute atomic E-state index is 0.103. The van der Waals surface area contributed by atoms with Crippen molar-refractivity contribution in [2.45, 2.75) is 26.2 Å². The molecule has 0 N–H and O–H groups in total. The predicted molar refractivity (Wildman–Crippen MR) is 93.5 cm³/mol. The Bertz CT molecular complexity index is 844. The van der Waals surface area contributed by atoms with Crippen molar-refractivity contribution in [3.05, 3.63) is 34.3 Å². The van der Waals surface area contributed by atoms with Crippen LogP contribution in [0.5, 0.6) is 0 Å². The summed E-state index contributed by atoms with van der Waals surface area (Å²) in [5.41, 5.74) is 1.56. The first-order valence-electron chi connectivity index (χ1n) is 8.68. The van der Waals surface area contributed by atoms with Crippen LogP contribution in [0.3, 0.4) is 0 Å². The van der Waals surface area contributed by atoms with Crippen LogP contribution in [-0.4, -0.2) is 52.4 Å². The standard InChI is InChI=1S/C18H23N3O4/c1-3-4-5-16(22)20-8-10-21(11-9-20)17(23)13-6-7-14-15(12-13)25-18(24)19(14)2/h6-7,12H,3-5,8-11H2,1-2H3. The van der Waals surface area contributed by atoms with Gasteiger partial charge in [0.05, 0.1) is 5.52 Å². The maximum absolute atomic E-state index is 12.7. The van der Waals surface area contributed by atoms with E-state index in [1.54, 1.807) is 30.1 Å². The molecule has 25 heavy (non-hydrogen) atoms. The quantitative estimate of drug-likeness (QED) is 0.843. The molecule has 1 aliphatic heterocycles. The highest BCUT2D eigenvalue weighted by atomic mass is 16.4. The van der Waals surface area contributed by atoms with E-state index in [4.69, 9.17) is 4.42 Å². The van der Waals surface area contributed by atoms with E-state index < -0.39 is 5.76 Å². The van der Waals surface area contributed by atoms with Crippen molar-refractivity contribution in [2.24, 2.45) is 7.05 Å². The monoisotopic (exact) mass is 345 g/mol. The average molecular weight is 345 g/mol. The van der Waals surface area contributed by atoms with E-state index in [9.17, 15) is 14.4 Å². The summed E-state index contributed by atoms with van der Waals surface area (Å²) in [6.07, 6.45) is 2.48. The fraction of sp³-hybridized carbons (Fsp3) is 0.500. The highest BCUT2D eigenvalue weighted by Gasteiger charge is 2.25. The van der Waals surface area contributed by atoms with Crippen molar-refractivity contribution in [1.82, 2.24) is 14.4 Å². The summed E-state index contributed by atoms with van der Waals surface area (Å²) >= 11 is 0. The zero-order valence-corrected chi connectivity index (χ0v) is 14.7. The van der Waals surface area contributed by atoms with Crippen LogP contribution in [0.2, 0.25) is 0 Å². The van der Waals surface area contributed by atoms with Crippen molar-refractivity contribution in [2.75, 3.05) is 26.2 Å². The van der Waals surface area contributed by atoms with Gasteiger partial charge in [-0.25, -0.2) is 4.79 Å². The molecule has 0 radical (unpaired) electrons. The number of hydrogen-bond acceptors (Lipinski definition) is 4. The van der Waals surface area contributed by atoms with Crippen LogP contribution < -0.4 is 5.76 Å². The van der Waals surface area contributed by atoms with Crippen LogP contribution in [0.4, 0.5) is 0 Å². The van der Waals surface area contributed by atoms with Crippen molar-refractivity contribution < 1.29 is 14.0 Å². The molecule has 0 unspecified atom stereocenters. The van der Waals surface area contributed by atoms with Gasteiger partial charge in [-0.1, -0.05) is 13.3 Å². The maximum atomic E-state index is 12.7. The number of fused-ring (bicyclic) bond motifs is 1. The molecule has 0 atom stereocenters. The summed E-state index contributed by atoms with van der Waals surface area (Å²) in [4.78, 5) is 39.9. The SMILES string of the molecule is CCCCC(=O)N1CCN(C(=O)c2ccc3c(c2)oc(=O)n3C)CC1. The molecule has 2 heterocycles. The Labute approximate surface area is 145 Å². The van der Waals surface area contributed by atoms with E-state index in [-0.39, 0.29) is 11.8 Å². The normalized spacial score (nSPS) is 15.0. The number of oxazole rings is 1. The molecule has 0 spiro atoms. The lowest BCUT2D eigenvalue weighted by molar-refractivity contribution is -0.132. The van der Waals surface area contributed by atoms with Crippen molar-refractivity contribution in [3.63, 3.8) is 0 Å². The van der Waals surface area contributed by atoms with Crippen LogP contribution in [0.25, 0.3) is 11.1 Å². The molecular weight excluding hydrogens is 322 g/mol. The third-order valence-electron chi connectivity index (χ3n) is 4.70. The van der Waals surface area contributed by atoms with Crippen molar-refractivity contribution >= 4 is 22.9 Å². The zero-order chi connectivity index (χ0) is 18.0. The highest BCUT2D eigenvalue weighted by molar-refractivity contribution is 5.97. The molecule has 7 heteroatoms. The van der Waals surface area contributed by atoms with Gasteiger partial charge in [0.15, 0.2) is 5.58 Å². The summed E-state index contributed by atoms with van der Waals surface area (Å²) in [6.45, 7) is 4.24. The van der Waals surface area contributed by atoms with Crippen LogP contribution in [0.1, 0.15) is 36.5 Å². The van der Waals surface area contributed by atoms with Crippen LogP contribution in [0.15, 0.2) is 27.4 Å². The van der Waals surface area contributed by atoms with Crippen LogP contribution in [-0.2, 0) is 11.8 Å². The lowest BCUT2D eigenvalue weighted by Gasteiger charge is -2.35. The van der Waals surface area contributed by atoms with E-state index in [2.05, 4.69) is 6.92 Å². The van der Waals surface area contributed by atoms with Gasteiger partial charge in [0.1, 0.15) is 0 Å². The van der Waals surface area contributed by atoms with E-state index in [1.807, 2.05) is 4.90 Å². The minimum atomic E-state index is -0.446. The molecule has 1 saturated heterocycles. The van der Waals surface area contributed by atoms with Gasteiger partial charge >= 0.3 is 5.76 Å². The number of nitrogens with zero attached hydrogens (tertiary/aromatic N) is 3. The van der Waals surface area contributed by atoms with Crippen molar-refractivity contribution in [3.8, 4) is 0 Å². The second kappa shape index (κ2) is 7.13. The van der Waals surface area contributed by atoms with E-state index in [0.717, 1.165) is 12.8 Å². The van der Waals surface area contributed by atoms with Gasteiger partial charge in [0, 0.05) is 45.2 Å². The van der Waals surface area contributed by atoms with Crippen LogP contribution in [0, 0.1) is 0 Å². The first kappa shape index (κ1) is 17.3. The fourth-order valence-corrected chi connectivity index (χ4v) is 3.09. The fourth-order valence-electron chi connectivity index (χ4n) is 3.09. The number of unbranched alkanes of at least 4 members (excludes halogenated alkanes) is 1. The molecule has 0 aliphatic carbocycles. The number of hydrogen-bond donors (Lipinski definition) is 0. The van der Waals surface area contributed by atoms with Gasteiger partial charge in [0.25, 0.3) is 5.91 Å². The Balaban J connectivity index is 1.66. The molecule has 3 rings (SSSR count). The molecule has 1 fully saturated rings. The zero-order valence-electron chi connectivity index (χ0n) is 14.7. The summed E-state index contributed by atoms with van der Waals surface area (Å²) in [7, 11) is 1.63. The summed E-state index contributed by atoms with van der Waals surface area (Å²) in [5.74, 6) is -0.380. The number of benzene rings is 1. The topological polar surface area (TPSA) is 75.8 Å². The average Bonchev–Trinajstić information content (AvgIpc) is 2.92. The number of piperazine rings is 1. The third-order valence-corrected chi connectivity index (χ3v) is 4.70. The number of amides is 2. The van der Waals surface area contributed by atoms with Gasteiger partial charge in [-0.15, -0.1) is 0 Å². The Kier molecular flexibility index (Phi) is 4.92. The molecule has 7 nitrogen and oxygen atoms in total. The smallest absolute Gasteiger partial charge is 0.408 e. The van der Waals surface area contributed by atoms with Gasteiger partial charge in [-0.05, 0) is 24.6 Å².